The second kappa shape index (κ2) is 9.10. The summed E-state index contributed by atoms with van der Waals surface area (Å²) in [5.74, 6) is 0.618. The summed E-state index contributed by atoms with van der Waals surface area (Å²) in [4.78, 5) is 24.3. The second-order valence-corrected chi connectivity index (χ2v) is 8.49. The zero-order valence-electron chi connectivity index (χ0n) is 17.6. The fraction of sp³-hybridized carbons (Fsp3) is 0.240. The summed E-state index contributed by atoms with van der Waals surface area (Å²) in [5.41, 5.74) is 2.18. The van der Waals surface area contributed by atoms with Gasteiger partial charge in [0, 0.05) is 57.9 Å². The molecular formula is C25H24ClN5O. The highest BCUT2D eigenvalue weighted by Crippen LogP contribution is 2.31. The van der Waals surface area contributed by atoms with Crippen LogP contribution in [-0.4, -0.2) is 47.0 Å². The molecular weight excluding hydrogens is 422 g/mol. The van der Waals surface area contributed by atoms with Crippen LogP contribution in [0, 0.1) is 0 Å². The van der Waals surface area contributed by atoms with Crippen molar-refractivity contribution in [1.29, 1.82) is 0 Å². The van der Waals surface area contributed by atoms with Gasteiger partial charge in [-0.15, -0.1) is 0 Å². The minimum atomic E-state index is -0.0801. The van der Waals surface area contributed by atoms with Crippen LogP contribution in [0.5, 0.6) is 0 Å². The van der Waals surface area contributed by atoms with Gasteiger partial charge in [-0.25, -0.2) is 4.98 Å². The molecule has 162 valence electrons. The summed E-state index contributed by atoms with van der Waals surface area (Å²) in [6.45, 7) is 3.79. The molecule has 5 rings (SSSR count). The summed E-state index contributed by atoms with van der Waals surface area (Å²) in [7, 11) is 0. The maximum atomic E-state index is 12.7. The van der Waals surface area contributed by atoms with Gasteiger partial charge in [-0.3, -0.25) is 9.78 Å². The molecule has 32 heavy (non-hydrogen) atoms. The molecule has 1 aliphatic rings. The Bertz CT molecular complexity index is 1290. The average Bonchev–Trinajstić information content (AvgIpc) is 3.32. The number of rotatable bonds is 6. The quantitative estimate of drug-likeness (QED) is 0.408. The van der Waals surface area contributed by atoms with Gasteiger partial charge in [-0.1, -0.05) is 23.7 Å². The number of halogens is 1. The van der Waals surface area contributed by atoms with Gasteiger partial charge in [0.2, 0.25) is 0 Å². The summed E-state index contributed by atoms with van der Waals surface area (Å²) >= 11 is 6.15. The molecule has 0 aliphatic carbocycles. The van der Waals surface area contributed by atoms with Crippen LogP contribution in [0.15, 0.2) is 60.9 Å². The molecule has 7 heteroatoms. The number of carbonyl (C=O) groups is 1. The molecule has 0 bridgehead atoms. The topological polar surface area (TPSA) is 70.2 Å². The number of amides is 1. The van der Waals surface area contributed by atoms with Gasteiger partial charge in [0.05, 0.1) is 5.52 Å². The number of aromatic nitrogens is 2. The normalized spacial score (nSPS) is 14.2. The Kier molecular flexibility index (Phi) is 5.88. The van der Waals surface area contributed by atoms with Crippen molar-refractivity contribution in [2.75, 3.05) is 31.5 Å². The number of pyridine rings is 2. The van der Waals surface area contributed by atoms with Crippen LogP contribution in [0.2, 0.25) is 5.02 Å². The first kappa shape index (κ1) is 20.7. The van der Waals surface area contributed by atoms with E-state index in [2.05, 4.69) is 20.5 Å². The van der Waals surface area contributed by atoms with Gasteiger partial charge < -0.3 is 15.5 Å². The number of nitrogens with one attached hydrogen (secondary N) is 2. The summed E-state index contributed by atoms with van der Waals surface area (Å²) in [6.07, 6.45) is 6.08. The predicted molar refractivity (Wildman–Crippen MR) is 130 cm³/mol. The third-order valence-corrected chi connectivity index (χ3v) is 6.09. The maximum absolute atomic E-state index is 12.7. The summed E-state index contributed by atoms with van der Waals surface area (Å²) < 4.78 is 0. The number of hydrogen-bond acceptors (Lipinski definition) is 5. The van der Waals surface area contributed by atoms with Gasteiger partial charge in [0.25, 0.3) is 5.91 Å². The molecule has 1 saturated heterocycles. The number of benzene rings is 2. The Morgan fingerprint density at radius 2 is 1.91 bits per heavy atom. The molecule has 2 aromatic heterocycles. The zero-order valence-corrected chi connectivity index (χ0v) is 18.4. The van der Waals surface area contributed by atoms with Crippen molar-refractivity contribution in [3.05, 3.63) is 71.5 Å². The van der Waals surface area contributed by atoms with Gasteiger partial charge in [0.1, 0.15) is 5.82 Å². The van der Waals surface area contributed by atoms with Crippen LogP contribution in [0.4, 0.5) is 11.5 Å². The van der Waals surface area contributed by atoms with Gasteiger partial charge >= 0.3 is 0 Å². The lowest BCUT2D eigenvalue weighted by molar-refractivity contribution is 0.0950. The molecule has 1 aliphatic heterocycles. The summed E-state index contributed by atoms with van der Waals surface area (Å²) in [5, 5.41) is 9.94. The first-order valence-electron chi connectivity index (χ1n) is 10.9. The predicted octanol–water partition coefficient (Wildman–Crippen LogP) is 5.01. The van der Waals surface area contributed by atoms with E-state index in [1.54, 1.807) is 6.20 Å². The lowest BCUT2D eigenvalue weighted by Crippen LogP contribution is -2.33. The minimum Gasteiger partial charge on any atom is -0.351 e. The van der Waals surface area contributed by atoms with Crippen LogP contribution in [0.25, 0.3) is 21.7 Å². The van der Waals surface area contributed by atoms with E-state index < -0.39 is 0 Å². The van der Waals surface area contributed by atoms with Gasteiger partial charge in [-0.2, -0.15) is 0 Å². The Labute approximate surface area is 191 Å². The number of hydrogen-bond donors (Lipinski definition) is 2. The summed E-state index contributed by atoms with van der Waals surface area (Å²) in [6, 6.07) is 15.1. The van der Waals surface area contributed by atoms with Crippen molar-refractivity contribution in [1.82, 2.24) is 20.2 Å². The number of nitrogens with zero attached hydrogens (tertiary/aromatic N) is 3. The lowest BCUT2D eigenvalue weighted by atomic mass is 10.1. The molecule has 2 aromatic carbocycles. The highest BCUT2D eigenvalue weighted by molar-refractivity contribution is 6.30. The number of carbonyl (C=O) groups excluding carboxylic acids is 1. The first-order valence-corrected chi connectivity index (χ1v) is 11.3. The fourth-order valence-electron chi connectivity index (χ4n) is 4.22. The van der Waals surface area contributed by atoms with Crippen molar-refractivity contribution in [2.24, 2.45) is 0 Å². The highest BCUT2D eigenvalue weighted by atomic mass is 35.5. The van der Waals surface area contributed by atoms with Gasteiger partial charge in [0.15, 0.2) is 0 Å². The third-order valence-electron chi connectivity index (χ3n) is 5.86. The minimum absolute atomic E-state index is 0.0801. The van der Waals surface area contributed by atoms with Crippen molar-refractivity contribution in [2.45, 2.75) is 12.8 Å². The van der Waals surface area contributed by atoms with Crippen LogP contribution < -0.4 is 10.6 Å². The van der Waals surface area contributed by atoms with E-state index in [1.807, 2.05) is 54.7 Å². The molecule has 2 N–H and O–H groups in total. The molecule has 0 atom stereocenters. The number of anilines is 2. The van der Waals surface area contributed by atoms with Crippen LogP contribution in [-0.2, 0) is 0 Å². The van der Waals surface area contributed by atoms with Crippen molar-refractivity contribution < 1.29 is 4.79 Å². The van der Waals surface area contributed by atoms with Crippen LogP contribution in [0.1, 0.15) is 23.2 Å². The molecule has 3 heterocycles. The number of likely N-dealkylation sites (tertiary alicyclic amines) is 1. The van der Waals surface area contributed by atoms with Crippen LogP contribution in [0.3, 0.4) is 0 Å². The second-order valence-electron chi connectivity index (χ2n) is 8.05. The smallest absolute Gasteiger partial charge is 0.251 e. The van der Waals surface area contributed by atoms with Crippen molar-refractivity contribution in [3.63, 3.8) is 0 Å². The maximum Gasteiger partial charge on any atom is 0.251 e. The third kappa shape index (κ3) is 4.38. The first-order chi connectivity index (χ1) is 15.7. The monoisotopic (exact) mass is 445 g/mol. The fourth-order valence-corrected chi connectivity index (χ4v) is 4.41. The van der Waals surface area contributed by atoms with Gasteiger partial charge in [-0.05, 0) is 62.3 Å². The average molecular weight is 446 g/mol. The van der Waals surface area contributed by atoms with Crippen molar-refractivity contribution in [3.8, 4) is 0 Å². The Balaban J connectivity index is 1.45. The molecule has 1 fully saturated rings. The molecule has 6 nitrogen and oxygen atoms in total. The highest BCUT2D eigenvalue weighted by Gasteiger charge is 2.14. The molecule has 1 amide bonds. The molecule has 0 unspecified atom stereocenters. The van der Waals surface area contributed by atoms with E-state index >= 15 is 0 Å². The van der Waals surface area contributed by atoms with E-state index in [-0.39, 0.29) is 5.91 Å². The Hall–Kier alpha value is -3.22. The molecule has 0 saturated carbocycles. The van der Waals surface area contributed by atoms with E-state index in [9.17, 15) is 4.79 Å². The van der Waals surface area contributed by atoms with E-state index in [1.165, 1.54) is 12.8 Å². The molecule has 0 radical (unpaired) electrons. The Morgan fingerprint density at radius 1 is 1.03 bits per heavy atom. The standard InChI is InChI=1S/C25H24ClN5O/c26-18-4-3-5-19(15-18)29-24-21-8-9-27-16-22(21)20-7-6-17(14-23(20)30-24)25(32)28-10-13-31-11-1-2-12-31/h3-9,14-16H,1-2,10-13H2,(H,28,32)(H,29,30). The van der Waals surface area contributed by atoms with E-state index in [0.717, 1.165) is 47.0 Å². The lowest BCUT2D eigenvalue weighted by Gasteiger charge is -2.15. The largest absolute Gasteiger partial charge is 0.351 e. The zero-order chi connectivity index (χ0) is 21.9. The Morgan fingerprint density at radius 3 is 2.75 bits per heavy atom. The van der Waals surface area contributed by atoms with Crippen molar-refractivity contribution >= 4 is 50.7 Å². The number of fused-ring (bicyclic) bond motifs is 3. The van der Waals surface area contributed by atoms with E-state index in [0.29, 0.717) is 22.9 Å². The molecule has 0 spiro atoms. The van der Waals surface area contributed by atoms with E-state index in [4.69, 9.17) is 16.6 Å². The molecule has 4 aromatic rings. The van der Waals surface area contributed by atoms with Crippen LogP contribution >= 0.6 is 11.6 Å². The SMILES string of the molecule is O=C(NCCN1CCCC1)c1ccc2c(c1)nc(Nc1cccc(Cl)c1)c1ccncc12.